The van der Waals surface area contributed by atoms with E-state index in [1.807, 2.05) is 0 Å². The lowest BCUT2D eigenvalue weighted by molar-refractivity contribution is 0.339. The van der Waals surface area contributed by atoms with Gasteiger partial charge < -0.3 is 19.6 Å². The summed E-state index contributed by atoms with van der Waals surface area (Å²) in [4.78, 5) is 38.9. The molecule has 0 amide bonds. The van der Waals surface area contributed by atoms with E-state index < -0.39 is 20.6 Å². The molecule has 0 aromatic carbocycles. The second-order valence-electron chi connectivity index (χ2n) is 2.81. The van der Waals surface area contributed by atoms with E-state index in [1.165, 1.54) is 18.3 Å². The van der Waals surface area contributed by atoms with Crippen molar-refractivity contribution in [1.29, 1.82) is 0 Å². The molecule has 0 atom stereocenters. The molecule has 0 saturated carbocycles. The van der Waals surface area contributed by atoms with Crippen molar-refractivity contribution in [3.8, 4) is 0 Å². The zero-order chi connectivity index (χ0) is 11.7. The third-order valence-electron chi connectivity index (χ3n) is 1.59. The van der Waals surface area contributed by atoms with E-state index in [9.17, 15) is 9.13 Å². The largest absolute Gasteiger partial charge is 0.346 e. The Morgan fingerprint density at radius 2 is 1.60 bits per heavy atom. The highest BCUT2D eigenvalue weighted by Crippen LogP contribution is 2.69. The van der Waals surface area contributed by atoms with Crippen LogP contribution in [0.3, 0.4) is 0 Å². The fourth-order valence-corrected chi connectivity index (χ4v) is 3.63. The lowest BCUT2D eigenvalue weighted by atomic mass is 10.4. The molecule has 0 saturated heterocycles. The summed E-state index contributed by atoms with van der Waals surface area (Å²) in [7, 11) is -9.89. The molecular formula is C6H9NO6P2. The van der Waals surface area contributed by atoms with Crippen LogP contribution in [0.15, 0.2) is 24.4 Å². The normalized spacial score (nSPS) is 13.1. The van der Waals surface area contributed by atoms with Crippen LogP contribution in [0.25, 0.3) is 0 Å². The molecule has 1 heterocycles. The lowest BCUT2D eigenvalue weighted by Gasteiger charge is -2.18. The van der Waals surface area contributed by atoms with Gasteiger partial charge in [-0.15, -0.1) is 0 Å². The van der Waals surface area contributed by atoms with Crippen molar-refractivity contribution in [2.75, 3.05) is 0 Å². The molecule has 15 heavy (non-hydrogen) atoms. The first-order valence-electron chi connectivity index (χ1n) is 3.74. The average Bonchev–Trinajstić information content (AvgIpc) is 2.00. The zero-order valence-electron chi connectivity index (χ0n) is 7.33. The molecule has 9 heteroatoms. The predicted octanol–water partition coefficient (Wildman–Crippen LogP) is 0.436. The van der Waals surface area contributed by atoms with Gasteiger partial charge in [0.1, 0.15) is 0 Å². The van der Waals surface area contributed by atoms with Crippen LogP contribution >= 0.6 is 15.2 Å². The van der Waals surface area contributed by atoms with Gasteiger partial charge in [0, 0.05) is 6.20 Å². The SMILES string of the molecule is O=P(O)(O)C(c1ccccn1)P(=O)(O)O. The molecule has 0 aliphatic rings. The molecule has 0 spiro atoms. The summed E-state index contributed by atoms with van der Waals surface area (Å²) in [6.45, 7) is 0. The van der Waals surface area contributed by atoms with Crippen LogP contribution in [0.2, 0.25) is 0 Å². The molecule has 0 bridgehead atoms. The molecule has 84 valence electrons. The molecule has 0 aliphatic carbocycles. The summed E-state index contributed by atoms with van der Waals surface area (Å²) in [5.41, 5.74) is -0.320. The second-order valence-corrected chi connectivity index (χ2v) is 6.60. The standard InChI is InChI=1S/C6H9NO6P2/c8-14(9,10)6(15(11,12)13)5-3-1-2-4-7-5/h1-4,6H,(H2,8,9,10)(H2,11,12,13). The summed E-state index contributed by atoms with van der Waals surface area (Å²) in [6.07, 6.45) is 1.20. The van der Waals surface area contributed by atoms with Crippen molar-refractivity contribution >= 4 is 15.2 Å². The Bertz CT molecular complexity index is 401. The number of hydrogen-bond donors (Lipinski definition) is 4. The van der Waals surface area contributed by atoms with Gasteiger partial charge in [-0.3, -0.25) is 14.1 Å². The number of hydrogen-bond acceptors (Lipinski definition) is 3. The van der Waals surface area contributed by atoms with E-state index in [-0.39, 0.29) is 5.69 Å². The summed E-state index contributed by atoms with van der Waals surface area (Å²) in [6, 6.07) is 4.02. The van der Waals surface area contributed by atoms with Crippen LogP contribution < -0.4 is 0 Å². The summed E-state index contributed by atoms with van der Waals surface area (Å²) in [5.74, 6) is 0. The van der Waals surface area contributed by atoms with Gasteiger partial charge in [0.25, 0.3) is 0 Å². The predicted molar refractivity (Wildman–Crippen MR) is 51.1 cm³/mol. The highest BCUT2D eigenvalue weighted by Gasteiger charge is 2.45. The third-order valence-corrected chi connectivity index (χ3v) is 5.20. The van der Waals surface area contributed by atoms with Crippen molar-refractivity contribution in [3.63, 3.8) is 0 Å². The van der Waals surface area contributed by atoms with Crippen molar-refractivity contribution in [1.82, 2.24) is 4.98 Å². The number of rotatable bonds is 3. The second kappa shape index (κ2) is 4.14. The summed E-state index contributed by atoms with van der Waals surface area (Å²) < 4.78 is 21.9. The van der Waals surface area contributed by atoms with Crippen molar-refractivity contribution in [2.45, 2.75) is 5.40 Å². The smallest absolute Gasteiger partial charge is 0.324 e. The van der Waals surface area contributed by atoms with Gasteiger partial charge in [0.05, 0.1) is 5.69 Å². The van der Waals surface area contributed by atoms with E-state index in [0.717, 1.165) is 6.07 Å². The van der Waals surface area contributed by atoms with E-state index in [4.69, 9.17) is 19.6 Å². The Kier molecular flexibility index (Phi) is 3.45. The molecule has 0 radical (unpaired) electrons. The maximum absolute atomic E-state index is 10.9. The summed E-state index contributed by atoms with van der Waals surface area (Å²) in [5, 5.41) is -2.19. The fourth-order valence-electron chi connectivity index (χ4n) is 1.07. The monoisotopic (exact) mass is 253 g/mol. The maximum Gasteiger partial charge on any atom is 0.346 e. The van der Waals surface area contributed by atoms with Crippen molar-refractivity contribution in [2.24, 2.45) is 0 Å². The van der Waals surface area contributed by atoms with Gasteiger partial charge in [-0.2, -0.15) is 0 Å². The van der Waals surface area contributed by atoms with Gasteiger partial charge in [-0.25, -0.2) is 0 Å². The Morgan fingerprint density at radius 3 is 1.93 bits per heavy atom. The van der Waals surface area contributed by atoms with E-state index in [2.05, 4.69) is 4.98 Å². The first-order valence-corrected chi connectivity index (χ1v) is 7.10. The molecule has 1 aromatic rings. The Hall–Kier alpha value is -0.550. The minimum absolute atomic E-state index is 0.320. The molecule has 4 N–H and O–H groups in total. The van der Waals surface area contributed by atoms with Crippen LogP contribution in [-0.4, -0.2) is 24.6 Å². The number of aromatic nitrogens is 1. The molecule has 0 fully saturated rings. The highest BCUT2D eigenvalue weighted by molar-refractivity contribution is 7.70. The zero-order valence-corrected chi connectivity index (χ0v) is 9.12. The van der Waals surface area contributed by atoms with E-state index in [0.29, 0.717) is 0 Å². The Morgan fingerprint density at radius 1 is 1.07 bits per heavy atom. The highest BCUT2D eigenvalue weighted by atomic mass is 31.2. The molecule has 1 aromatic heterocycles. The van der Waals surface area contributed by atoms with Gasteiger partial charge in [0.15, 0.2) is 0 Å². The number of nitrogens with zero attached hydrogens (tertiary/aromatic N) is 1. The molecule has 0 unspecified atom stereocenters. The minimum Gasteiger partial charge on any atom is -0.324 e. The van der Waals surface area contributed by atoms with Crippen LogP contribution in [0.4, 0.5) is 0 Å². The minimum atomic E-state index is -4.94. The van der Waals surface area contributed by atoms with Gasteiger partial charge in [-0.1, -0.05) is 6.07 Å². The molecule has 0 aliphatic heterocycles. The Labute approximate surface area is 85.1 Å². The first kappa shape index (κ1) is 12.5. The van der Waals surface area contributed by atoms with Crippen LogP contribution in [-0.2, 0) is 9.13 Å². The van der Waals surface area contributed by atoms with Crippen LogP contribution in [0.5, 0.6) is 0 Å². The fraction of sp³-hybridized carbons (Fsp3) is 0.167. The average molecular weight is 253 g/mol. The topological polar surface area (TPSA) is 128 Å². The van der Waals surface area contributed by atoms with E-state index in [1.54, 1.807) is 0 Å². The van der Waals surface area contributed by atoms with E-state index >= 15 is 0 Å². The van der Waals surface area contributed by atoms with Gasteiger partial charge in [0.2, 0.25) is 5.40 Å². The van der Waals surface area contributed by atoms with Crippen molar-refractivity contribution in [3.05, 3.63) is 30.1 Å². The molecule has 1 rings (SSSR count). The van der Waals surface area contributed by atoms with Crippen LogP contribution in [0, 0.1) is 0 Å². The Balaban J connectivity index is 3.27. The van der Waals surface area contributed by atoms with Gasteiger partial charge in [-0.05, 0) is 12.1 Å². The third kappa shape index (κ3) is 3.21. The quantitative estimate of drug-likeness (QED) is 0.575. The van der Waals surface area contributed by atoms with Gasteiger partial charge >= 0.3 is 15.2 Å². The molecule has 7 nitrogen and oxygen atoms in total. The maximum atomic E-state index is 10.9. The molecular weight excluding hydrogens is 244 g/mol. The van der Waals surface area contributed by atoms with Crippen LogP contribution in [0.1, 0.15) is 11.1 Å². The number of pyridine rings is 1. The summed E-state index contributed by atoms with van der Waals surface area (Å²) >= 11 is 0. The first-order chi connectivity index (χ1) is 6.73. The lowest BCUT2D eigenvalue weighted by Crippen LogP contribution is -2.02. The van der Waals surface area contributed by atoms with Crippen molar-refractivity contribution < 1.29 is 28.7 Å².